The maximum atomic E-state index is 12.4. The molecule has 8 heteroatoms. The van der Waals surface area contributed by atoms with Gasteiger partial charge in [-0.1, -0.05) is 12.1 Å². The van der Waals surface area contributed by atoms with Crippen LogP contribution in [0.4, 0.5) is 10.5 Å². The summed E-state index contributed by atoms with van der Waals surface area (Å²) in [6, 6.07) is 8.45. The van der Waals surface area contributed by atoms with Crippen LogP contribution in [0.15, 0.2) is 29.3 Å². The van der Waals surface area contributed by atoms with Crippen LogP contribution in [0.5, 0.6) is 5.75 Å². The minimum atomic E-state index is -0.466. The summed E-state index contributed by atoms with van der Waals surface area (Å²) in [4.78, 5) is 23.7. The molecule has 1 aromatic carbocycles. The van der Waals surface area contributed by atoms with Crippen molar-refractivity contribution in [3.63, 3.8) is 0 Å². The third kappa shape index (κ3) is 4.99. The number of rotatable bonds is 4. The van der Waals surface area contributed by atoms with Crippen molar-refractivity contribution in [1.29, 1.82) is 0 Å². The van der Waals surface area contributed by atoms with E-state index < -0.39 is 5.60 Å². The molecule has 0 radical (unpaired) electrons. The predicted octanol–water partition coefficient (Wildman–Crippen LogP) is 2.40. The first-order valence-electron chi connectivity index (χ1n) is 11.2. The number of piperazine rings is 1. The molecule has 170 valence electrons. The van der Waals surface area contributed by atoms with Crippen LogP contribution in [0.3, 0.4) is 0 Å². The number of nitrogens with one attached hydrogen (secondary N) is 1. The highest BCUT2D eigenvalue weighted by molar-refractivity contribution is 5.82. The first-order chi connectivity index (χ1) is 14.8. The van der Waals surface area contributed by atoms with Gasteiger partial charge in [0.05, 0.1) is 25.4 Å². The SMILES string of the molecule is COc1ccccc1N1CCC(CNC2=NCC3CN(C(=O)OC(C)(C)C)CCN23)C1. The molecule has 8 nitrogen and oxygen atoms in total. The van der Waals surface area contributed by atoms with Crippen LogP contribution in [0.25, 0.3) is 0 Å². The summed E-state index contributed by atoms with van der Waals surface area (Å²) < 4.78 is 11.1. The van der Waals surface area contributed by atoms with Crippen LogP contribution in [0.1, 0.15) is 27.2 Å². The fraction of sp³-hybridized carbons (Fsp3) is 0.652. The molecule has 1 amide bonds. The number of nitrogens with zero attached hydrogens (tertiary/aromatic N) is 4. The molecule has 0 aliphatic carbocycles. The first kappa shape index (κ1) is 21.6. The average Bonchev–Trinajstić information content (AvgIpc) is 3.37. The van der Waals surface area contributed by atoms with Crippen molar-refractivity contribution in [3.05, 3.63) is 24.3 Å². The van der Waals surface area contributed by atoms with Crippen molar-refractivity contribution < 1.29 is 14.3 Å². The lowest BCUT2D eigenvalue weighted by Gasteiger charge is -2.39. The van der Waals surface area contributed by atoms with E-state index in [9.17, 15) is 4.79 Å². The number of ether oxygens (including phenoxy) is 2. The number of para-hydroxylation sites is 2. The number of hydrogen-bond acceptors (Lipinski definition) is 7. The van der Waals surface area contributed by atoms with Gasteiger partial charge in [0.1, 0.15) is 11.4 Å². The maximum absolute atomic E-state index is 12.4. The monoisotopic (exact) mass is 429 g/mol. The molecule has 0 aromatic heterocycles. The van der Waals surface area contributed by atoms with Crippen molar-refractivity contribution >= 4 is 17.7 Å². The smallest absolute Gasteiger partial charge is 0.410 e. The molecule has 2 fully saturated rings. The number of methoxy groups -OCH3 is 1. The van der Waals surface area contributed by atoms with Gasteiger partial charge in [0, 0.05) is 39.3 Å². The minimum Gasteiger partial charge on any atom is -0.495 e. The lowest BCUT2D eigenvalue weighted by atomic mass is 10.1. The summed E-state index contributed by atoms with van der Waals surface area (Å²) in [6.07, 6.45) is 0.921. The van der Waals surface area contributed by atoms with Crippen molar-refractivity contribution in [2.75, 3.05) is 57.8 Å². The lowest BCUT2D eigenvalue weighted by Crippen LogP contribution is -2.57. The Morgan fingerprint density at radius 1 is 1.19 bits per heavy atom. The second kappa shape index (κ2) is 8.85. The largest absolute Gasteiger partial charge is 0.495 e. The second-order valence-electron chi connectivity index (χ2n) is 9.59. The number of benzene rings is 1. The molecule has 2 saturated heterocycles. The van der Waals surface area contributed by atoms with Crippen molar-refractivity contribution in [2.45, 2.75) is 38.8 Å². The van der Waals surface area contributed by atoms with Crippen molar-refractivity contribution in [3.8, 4) is 5.75 Å². The summed E-state index contributed by atoms with van der Waals surface area (Å²) in [7, 11) is 1.73. The molecule has 0 saturated carbocycles. The van der Waals surface area contributed by atoms with E-state index in [0.717, 1.165) is 50.9 Å². The Kier molecular flexibility index (Phi) is 6.16. The van der Waals surface area contributed by atoms with E-state index in [2.05, 4.69) is 27.2 Å². The van der Waals surface area contributed by atoms with E-state index in [4.69, 9.17) is 14.5 Å². The van der Waals surface area contributed by atoms with Gasteiger partial charge in [-0.15, -0.1) is 0 Å². The van der Waals surface area contributed by atoms with E-state index in [1.807, 2.05) is 37.8 Å². The van der Waals surface area contributed by atoms with Gasteiger partial charge in [0.15, 0.2) is 5.96 Å². The highest BCUT2D eigenvalue weighted by atomic mass is 16.6. The molecule has 1 N–H and O–H groups in total. The van der Waals surface area contributed by atoms with Gasteiger partial charge in [0.25, 0.3) is 0 Å². The lowest BCUT2D eigenvalue weighted by molar-refractivity contribution is 0.0137. The number of carbonyl (C=O) groups is 1. The Morgan fingerprint density at radius 3 is 2.77 bits per heavy atom. The number of fused-ring (bicyclic) bond motifs is 1. The number of guanidine groups is 1. The third-order valence-electron chi connectivity index (χ3n) is 6.12. The summed E-state index contributed by atoms with van der Waals surface area (Å²) in [5.74, 6) is 2.47. The van der Waals surface area contributed by atoms with Gasteiger partial charge >= 0.3 is 6.09 Å². The summed E-state index contributed by atoms with van der Waals surface area (Å²) in [5, 5.41) is 3.59. The van der Waals surface area contributed by atoms with Gasteiger partial charge < -0.3 is 29.5 Å². The zero-order valence-electron chi connectivity index (χ0n) is 19.1. The number of aliphatic imine (C=N–C) groups is 1. The van der Waals surface area contributed by atoms with Crippen LogP contribution in [0, 0.1) is 5.92 Å². The number of amides is 1. The molecule has 0 spiro atoms. The van der Waals surface area contributed by atoms with E-state index in [1.165, 1.54) is 5.69 Å². The van der Waals surface area contributed by atoms with Crippen molar-refractivity contribution in [1.82, 2.24) is 15.1 Å². The van der Waals surface area contributed by atoms with E-state index in [-0.39, 0.29) is 12.1 Å². The molecule has 4 rings (SSSR count). The Balaban J connectivity index is 1.25. The molecule has 31 heavy (non-hydrogen) atoms. The summed E-state index contributed by atoms with van der Waals surface area (Å²) >= 11 is 0. The van der Waals surface area contributed by atoms with Gasteiger partial charge in [-0.3, -0.25) is 4.99 Å². The molecular formula is C23H35N5O3. The van der Waals surface area contributed by atoms with Gasteiger partial charge in [-0.25, -0.2) is 4.79 Å². The summed E-state index contributed by atoms with van der Waals surface area (Å²) in [6.45, 7) is 11.5. The fourth-order valence-corrected chi connectivity index (χ4v) is 4.57. The Hall–Kier alpha value is -2.64. The predicted molar refractivity (Wildman–Crippen MR) is 122 cm³/mol. The van der Waals surface area contributed by atoms with E-state index in [1.54, 1.807) is 7.11 Å². The van der Waals surface area contributed by atoms with Crippen LogP contribution < -0.4 is 15.0 Å². The fourth-order valence-electron chi connectivity index (χ4n) is 4.57. The molecule has 3 aliphatic heterocycles. The molecule has 1 aromatic rings. The van der Waals surface area contributed by atoms with E-state index in [0.29, 0.717) is 19.0 Å². The van der Waals surface area contributed by atoms with Gasteiger partial charge in [0.2, 0.25) is 0 Å². The Bertz CT molecular complexity index is 822. The normalized spacial score (nSPS) is 23.5. The molecule has 2 atom stereocenters. The molecular weight excluding hydrogens is 394 g/mol. The number of anilines is 1. The zero-order valence-corrected chi connectivity index (χ0v) is 19.1. The first-order valence-corrected chi connectivity index (χ1v) is 11.2. The second-order valence-corrected chi connectivity index (χ2v) is 9.59. The van der Waals surface area contributed by atoms with E-state index >= 15 is 0 Å². The highest BCUT2D eigenvalue weighted by Crippen LogP contribution is 2.31. The zero-order chi connectivity index (χ0) is 22.0. The van der Waals surface area contributed by atoms with Crippen LogP contribution >= 0.6 is 0 Å². The molecule has 2 unspecified atom stereocenters. The van der Waals surface area contributed by atoms with Crippen LogP contribution in [-0.4, -0.2) is 86.4 Å². The Morgan fingerprint density at radius 2 is 2.00 bits per heavy atom. The third-order valence-corrected chi connectivity index (χ3v) is 6.12. The topological polar surface area (TPSA) is 69.6 Å². The van der Waals surface area contributed by atoms with Crippen molar-refractivity contribution in [2.24, 2.45) is 10.9 Å². The minimum absolute atomic E-state index is 0.226. The summed E-state index contributed by atoms with van der Waals surface area (Å²) in [5.41, 5.74) is 0.704. The molecule has 3 aliphatic rings. The van der Waals surface area contributed by atoms with Gasteiger partial charge in [-0.05, 0) is 45.2 Å². The standard InChI is InChI=1S/C23H35N5O3/c1-23(2,3)31-22(29)27-11-12-28-18(16-27)14-25-21(28)24-13-17-9-10-26(15-17)19-7-5-6-8-20(19)30-4/h5-8,17-18H,9-16H2,1-4H3,(H,24,25). The van der Waals surface area contributed by atoms with Crippen LogP contribution in [0.2, 0.25) is 0 Å². The molecule has 0 bridgehead atoms. The van der Waals surface area contributed by atoms with Crippen LogP contribution in [-0.2, 0) is 4.74 Å². The number of carbonyl (C=O) groups excluding carboxylic acids is 1. The Labute approximate surface area is 185 Å². The molecule has 3 heterocycles. The quantitative estimate of drug-likeness (QED) is 0.793. The number of hydrogen-bond donors (Lipinski definition) is 1. The highest BCUT2D eigenvalue weighted by Gasteiger charge is 2.36. The maximum Gasteiger partial charge on any atom is 0.410 e. The van der Waals surface area contributed by atoms with Gasteiger partial charge in [-0.2, -0.15) is 0 Å². The average molecular weight is 430 g/mol.